The quantitative estimate of drug-likeness (QED) is 0.242. The van der Waals surface area contributed by atoms with Crippen molar-refractivity contribution in [3.05, 3.63) is 68.7 Å². The van der Waals surface area contributed by atoms with Gasteiger partial charge in [0.25, 0.3) is 0 Å². The smallest absolute Gasteiger partial charge is 0.410 e. The second-order valence-electron chi connectivity index (χ2n) is 11.7. The Balaban J connectivity index is 1.91. The lowest BCUT2D eigenvalue weighted by Gasteiger charge is -2.44. The van der Waals surface area contributed by atoms with E-state index in [4.69, 9.17) is 27.9 Å². The number of allylic oxidation sites excluding steroid dienone is 1. The molecular formula is C30H37Cl2N5O3. The Morgan fingerprint density at radius 2 is 1.88 bits per heavy atom. The molecule has 10 heteroatoms. The Morgan fingerprint density at radius 1 is 1.18 bits per heavy atom. The van der Waals surface area contributed by atoms with E-state index < -0.39 is 11.3 Å². The molecule has 0 saturated carbocycles. The second-order valence-corrected chi connectivity index (χ2v) is 12.4. The van der Waals surface area contributed by atoms with Gasteiger partial charge in [-0.2, -0.15) is 4.98 Å². The maximum absolute atomic E-state index is 13.9. The number of amides is 1. The van der Waals surface area contributed by atoms with Crippen molar-refractivity contribution in [1.29, 1.82) is 0 Å². The molecule has 0 spiro atoms. The van der Waals surface area contributed by atoms with Gasteiger partial charge >= 0.3 is 11.8 Å². The molecule has 214 valence electrons. The summed E-state index contributed by atoms with van der Waals surface area (Å²) < 4.78 is 7.17. The average Bonchev–Trinajstić information content (AvgIpc) is 2.85. The highest BCUT2D eigenvalue weighted by molar-refractivity contribution is 6.41. The van der Waals surface area contributed by atoms with Gasteiger partial charge in [-0.3, -0.25) is 0 Å². The van der Waals surface area contributed by atoms with Crippen molar-refractivity contribution < 1.29 is 9.53 Å². The first-order valence-corrected chi connectivity index (χ1v) is 14.3. The molecule has 1 amide bonds. The number of carbonyl (C=O) groups excluding carboxylic acids is 1. The average molecular weight is 587 g/mol. The van der Waals surface area contributed by atoms with Crippen molar-refractivity contribution in [3.8, 4) is 5.69 Å². The fourth-order valence-electron chi connectivity index (χ4n) is 5.17. The molecule has 1 saturated heterocycles. The van der Waals surface area contributed by atoms with Crippen LogP contribution < -0.4 is 10.6 Å². The number of ether oxygens (including phenoxy) is 1. The van der Waals surface area contributed by atoms with Gasteiger partial charge in [-0.05, 0) is 64.2 Å². The molecule has 0 radical (unpaired) electrons. The number of benzene rings is 1. The standard InChI is InChI=1S/C30H37Cl2N5O3/c1-9-11-20-12-10-13-21(17(2)3)24(20)37-27-22(14-23(31)25(32)33-27)26(34-28(37)38)35-15-19(5)36(16-18(35)4)29(39)40-30(6,7)8/h9-10,12-14,17-19H,1,11,15-16H2,2-8H3/t18-,19+/m0/s1. The first kappa shape index (κ1) is 29.9. The summed E-state index contributed by atoms with van der Waals surface area (Å²) in [5, 5.41) is 0.962. The van der Waals surface area contributed by atoms with Crippen LogP contribution in [0.4, 0.5) is 10.6 Å². The minimum atomic E-state index is -0.599. The van der Waals surface area contributed by atoms with Crippen LogP contribution in [0.2, 0.25) is 10.2 Å². The molecule has 1 aliphatic heterocycles. The highest BCUT2D eigenvalue weighted by Gasteiger charge is 2.36. The first-order valence-electron chi connectivity index (χ1n) is 13.5. The van der Waals surface area contributed by atoms with Crippen LogP contribution in [0.3, 0.4) is 0 Å². The molecule has 3 aromatic rings. The summed E-state index contributed by atoms with van der Waals surface area (Å²) in [7, 11) is 0. The number of anilines is 1. The molecule has 0 bridgehead atoms. The van der Waals surface area contributed by atoms with Gasteiger partial charge in [0.05, 0.1) is 16.1 Å². The normalized spacial score (nSPS) is 17.9. The molecule has 0 aliphatic carbocycles. The Hall–Kier alpha value is -3.10. The first-order chi connectivity index (χ1) is 18.7. The van der Waals surface area contributed by atoms with Crippen LogP contribution in [0.25, 0.3) is 16.7 Å². The minimum Gasteiger partial charge on any atom is -0.444 e. The van der Waals surface area contributed by atoms with Crippen molar-refractivity contribution in [3.63, 3.8) is 0 Å². The number of para-hydroxylation sites is 1. The molecular weight excluding hydrogens is 549 g/mol. The number of hydrogen-bond acceptors (Lipinski definition) is 6. The molecule has 4 rings (SSSR count). The van der Waals surface area contributed by atoms with Gasteiger partial charge in [0.2, 0.25) is 0 Å². The number of hydrogen-bond donors (Lipinski definition) is 0. The van der Waals surface area contributed by atoms with Crippen LogP contribution >= 0.6 is 23.2 Å². The lowest BCUT2D eigenvalue weighted by Crippen LogP contribution is -2.59. The lowest BCUT2D eigenvalue weighted by molar-refractivity contribution is 0.0130. The molecule has 2 aromatic heterocycles. The summed E-state index contributed by atoms with van der Waals surface area (Å²) in [5.74, 6) is 0.587. The number of piperazine rings is 1. The molecule has 2 atom stereocenters. The van der Waals surface area contributed by atoms with Crippen molar-refractivity contribution in [2.24, 2.45) is 0 Å². The SMILES string of the molecule is C=CCc1cccc(C(C)C)c1-n1c(=O)nc(N2C[C@@H](C)N(C(=O)OC(C)(C)C)C[C@@H]2C)c2cc(Cl)c(Cl)nc21. The van der Waals surface area contributed by atoms with E-state index in [0.717, 1.165) is 16.8 Å². The number of rotatable bonds is 5. The van der Waals surface area contributed by atoms with Crippen molar-refractivity contribution in [2.75, 3.05) is 18.0 Å². The number of carbonyl (C=O) groups is 1. The second kappa shape index (κ2) is 11.4. The van der Waals surface area contributed by atoms with Crippen LogP contribution in [0.15, 0.2) is 41.7 Å². The summed E-state index contributed by atoms with van der Waals surface area (Å²) >= 11 is 12.9. The largest absolute Gasteiger partial charge is 0.444 e. The zero-order valence-corrected chi connectivity index (χ0v) is 25.7. The van der Waals surface area contributed by atoms with Gasteiger partial charge in [-0.15, -0.1) is 6.58 Å². The Morgan fingerprint density at radius 3 is 2.50 bits per heavy atom. The lowest BCUT2D eigenvalue weighted by atomic mass is 9.96. The Bertz CT molecular complexity index is 1510. The summed E-state index contributed by atoms with van der Waals surface area (Å²) in [5.41, 5.74) is 1.95. The Kier molecular flexibility index (Phi) is 8.52. The van der Waals surface area contributed by atoms with Crippen LogP contribution in [0.5, 0.6) is 0 Å². The van der Waals surface area contributed by atoms with Crippen LogP contribution in [-0.4, -0.2) is 56.3 Å². The van der Waals surface area contributed by atoms with E-state index in [1.165, 1.54) is 0 Å². The fourth-order valence-corrected chi connectivity index (χ4v) is 5.46. The van der Waals surface area contributed by atoms with E-state index in [2.05, 4.69) is 30.4 Å². The minimum absolute atomic E-state index is 0.0999. The maximum atomic E-state index is 13.9. The van der Waals surface area contributed by atoms with Gasteiger partial charge in [0.15, 0.2) is 5.65 Å². The fraction of sp³-hybridized carbons (Fsp3) is 0.467. The van der Waals surface area contributed by atoms with Gasteiger partial charge in [0, 0.05) is 25.2 Å². The zero-order chi connectivity index (χ0) is 29.5. The monoisotopic (exact) mass is 585 g/mol. The van der Waals surface area contributed by atoms with Gasteiger partial charge in [-0.25, -0.2) is 19.1 Å². The zero-order valence-electron chi connectivity index (χ0n) is 24.2. The van der Waals surface area contributed by atoms with Gasteiger partial charge in [-0.1, -0.05) is 61.3 Å². The van der Waals surface area contributed by atoms with E-state index in [1.807, 2.05) is 63.8 Å². The molecule has 3 heterocycles. The third-order valence-corrected chi connectivity index (χ3v) is 7.68. The molecule has 8 nitrogen and oxygen atoms in total. The summed E-state index contributed by atoms with van der Waals surface area (Å²) in [4.78, 5) is 39.8. The predicted octanol–water partition coefficient (Wildman–Crippen LogP) is 6.77. The maximum Gasteiger partial charge on any atom is 0.410 e. The van der Waals surface area contributed by atoms with Crippen LogP contribution in [0, 0.1) is 0 Å². The third kappa shape index (κ3) is 5.84. The number of fused-ring (bicyclic) bond motifs is 1. The van der Waals surface area contributed by atoms with E-state index >= 15 is 0 Å². The van der Waals surface area contributed by atoms with Crippen LogP contribution in [0.1, 0.15) is 65.5 Å². The predicted molar refractivity (Wildman–Crippen MR) is 162 cm³/mol. The summed E-state index contributed by atoms with van der Waals surface area (Å²) in [6.45, 7) is 18.4. The van der Waals surface area contributed by atoms with Gasteiger partial charge in [0.1, 0.15) is 16.6 Å². The number of halogens is 2. The highest BCUT2D eigenvalue weighted by atomic mass is 35.5. The third-order valence-electron chi connectivity index (χ3n) is 7.01. The molecule has 1 aromatic carbocycles. The number of pyridine rings is 1. The molecule has 0 N–H and O–H groups in total. The molecule has 0 unspecified atom stereocenters. The highest BCUT2D eigenvalue weighted by Crippen LogP contribution is 2.35. The van der Waals surface area contributed by atoms with E-state index in [9.17, 15) is 9.59 Å². The van der Waals surface area contributed by atoms with Crippen molar-refractivity contribution in [2.45, 2.75) is 78.5 Å². The van der Waals surface area contributed by atoms with Crippen molar-refractivity contribution in [1.82, 2.24) is 19.4 Å². The number of nitrogens with zero attached hydrogens (tertiary/aromatic N) is 5. The molecule has 1 fully saturated rings. The van der Waals surface area contributed by atoms with Gasteiger partial charge < -0.3 is 14.5 Å². The van der Waals surface area contributed by atoms with E-state index in [-0.39, 0.29) is 34.3 Å². The molecule has 40 heavy (non-hydrogen) atoms. The Labute approximate surface area is 245 Å². The summed E-state index contributed by atoms with van der Waals surface area (Å²) in [6, 6.07) is 7.33. The van der Waals surface area contributed by atoms with E-state index in [1.54, 1.807) is 15.5 Å². The molecule has 1 aliphatic rings. The number of aromatic nitrogens is 3. The summed E-state index contributed by atoms with van der Waals surface area (Å²) in [6.07, 6.45) is 2.01. The van der Waals surface area contributed by atoms with Crippen LogP contribution in [-0.2, 0) is 11.2 Å². The van der Waals surface area contributed by atoms with Crippen molar-refractivity contribution >= 4 is 46.1 Å². The topological polar surface area (TPSA) is 80.6 Å². The van der Waals surface area contributed by atoms with E-state index in [0.29, 0.717) is 36.4 Å².